The highest BCUT2D eigenvalue weighted by molar-refractivity contribution is 7.90. The maximum absolute atomic E-state index is 10.9. The molecule has 0 fully saturated rings. The lowest BCUT2D eigenvalue weighted by Crippen LogP contribution is -2.41. The van der Waals surface area contributed by atoms with Crippen LogP contribution in [-0.2, 0) is 9.84 Å². The van der Waals surface area contributed by atoms with Gasteiger partial charge in [-0.15, -0.1) is 0 Å². The van der Waals surface area contributed by atoms with Gasteiger partial charge in [-0.05, 0) is 13.3 Å². The number of nitrogens with one attached hydrogen (secondary N) is 1. The van der Waals surface area contributed by atoms with E-state index in [1.807, 2.05) is 6.92 Å². The molecule has 2 unspecified atom stereocenters. The standard InChI is InChI=1S/C8H19NO3S/c1-4-8(5-10)9-7(2)6-13(3,11)12/h7-10H,4-6H2,1-3H3. The quantitative estimate of drug-likeness (QED) is 0.635. The molecule has 0 amide bonds. The minimum atomic E-state index is -2.93. The second-order valence-corrected chi connectivity index (χ2v) is 5.63. The largest absolute Gasteiger partial charge is 0.395 e. The fraction of sp³-hybridized carbons (Fsp3) is 1.00. The molecule has 0 aromatic heterocycles. The van der Waals surface area contributed by atoms with Crippen LogP contribution in [0.4, 0.5) is 0 Å². The molecule has 0 saturated heterocycles. The number of aliphatic hydroxyl groups is 1. The van der Waals surface area contributed by atoms with E-state index in [9.17, 15) is 8.42 Å². The van der Waals surface area contributed by atoms with Crippen molar-refractivity contribution in [2.45, 2.75) is 32.4 Å². The van der Waals surface area contributed by atoms with E-state index in [2.05, 4.69) is 5.32 Å². The zero-order chi connectivity index (χ0) is 10.5. The van der Waals surface area contributed by atoms with E-state index in [1.54, 1.807) is 6.92 Å². The van der Waals surface area contributed by atoms with Crippen molar-refractivity contribution in [3.8, 4) is 0 Å². The van der Waals surface area contributed by atoms with Gasteiger partial charge in [0, 0.05) is 18.3 Å². The number of sulfone groups is 1. The van der Waals surface area contributed by atoms with E-state index in [1.165, 1.54) is 6.26 Å². The Balaban J connectivity index is 3.93. The minimum Gasteiger partial charge on any atom is -0.395 e. The highest BCUT2D eigenvalue weighted by atomic mass is 32.2. The molecular weight excluding hydrogens is 190 g/mol. The Hall–Kier alpha value is -0.130. The Bertz CT molecular complexity index is 222. The highest BCUT2D eigenvalue weighted by Crippen LogP contribution is 1.95. The van der Waals surface area contributed by atoms with Gasteiger partial charge in [0.1, 0.15) is 9.84 Å². The third-order valence-electron chi connectivity index (χ3n) is 1.79. The third-order valence-corrected chi connectivity index (χ3v) is 2.89. The van der Waals surface area contributed by atoms with Crippen LogP contribution in [0.25, 0.3) is 0 Å². The lowest BCUT2D eigenvalue weighted by atomic mass is 10.2. The molecular formula is C8H19NO3S. The first-order valence-electron chi connectivity index (χ1n) is 4.43. The van der Waals surface area contributed by atoms with Crippen LogP contribution in [0.3, 0.4) is 0 Å². The first kappa shape index (κ1) is 12.9. The molecule has 0 bridgehead atoms. The van der Waals surface area contributed by atoms with Gasteiger partial charge in [0.05, 0.1) is 12.4 Å². The van der Waals surface area contributed by atoms with Gasteiger partial charge in [0.25, 0.3) is 0 Å². The lowest BCUT2D eigenvalue weighted by molar-refractivity contribution is 0.232. The summed E-state index contributed by atoms with van der Waals surface area (Å²) >= 11 is 0. The van der Waals surface area contributed by atoms with Gasteiger partial charge in [0.2, 0.25) is 0 Å². The minimum absolute atomic E-state index is 0.00301. The van der Waals surface area contributed by atoms with E-state index >= 15 is 0 Å². The van der Waals surface area contributed by atoms with Crippen molar-refractivity contribution in [1.82, 2.24) is 5.32 Å². The van der Waals surface area contributed by atoms with E-state index in [4.69, 9.17) is 5.11 Å². The predicted molar refractivity (Wildman–Crippen MR) is 53.5 cm³/mol. The monoisotopic (exact) mass is 209 g/mol. The first-order valence-corrected chi connectivity index (χ1v) is 6.49. The molecule has 0 aliphatic heterocycles. The zero-order valence-electron chi connectivity index (χ0n) is 8.45. The summed E-state index contributed by atoms with van der Waals surface area (Å²) in [6, 6.07) is -0.108. The maximum Gasteiger partial charge on any atom is 0.148 e. The van der Waals surface area contributed by atoms with Gasteiger partial charge in [-0.25, -0.2) is 8.42 Å². The number of hydrogen-bond acceptors (Lipinski definition) is 4. The van der Waals surface area contributed by atoms with Gasteiger partial charge in [0.15, 0.2) is 0 Å². The maximum atomic E-state index is 10.9. The van der Waals surface area contributed by atoms with Crippen LogP contribution in [0.2, 0.25) is 0 Å². The van der Waals surface area contributed by atoms with Crippen molar-refractivity contribution in [3.05, 3.63) is 0 Å². The van der Waals surface area contributed by atoms with E-state index in [0.717, 1.165) is 6.42 Å². The van der Waals surface area contributed by atoms with E-state index in [0.29, 0.717) is 0 Å². The van der Waals surface area contributed by atoms with Crippen LogP contribution in [0.1, 0.15) is 20.3 Å². The van der Waals surface area contributed by atoms with Crippen molar-refractivity contribution >= 4 is 9.84 Å². The van der Waals surface area contributed by atoms with E-state index < -0.39 is 9.84 Å². The van der Waals surface area contributed by atoms with Crippen LogP contribution in [0.15, 0.2) is 0 Å². The Morgan fingerprint density at radius 1 is 1.46 bits per heavy atom. The number of rotatable bonds is 6. The van der Waals surface area contributed by atoms with E-state index in [-0.39, 0.29) is 24.4 Å². The highest BCUT2D eigenvalue weighted by Gasteiger charge is 2.13. The van der Waals surface area contributed by atoms with Crippen molar-refractivity contribution < 1.29 is 13.5 Å². The van der Waals surface area contributed by atoms with Crippen LogP contribution >= 0.6 is 0 Å². The molecule has 0 aromatic carbocycles. The van der Waals surface area contributed by atoms with Gasteiger partial charge >= 0.3 is 0 Å². The molecule has 0 saturated carbocycles. The summed E-state index contributed by atoms with van der Waals surface area (Å²) in [5.41, 5.74) is 0. The van der Waals surface area contributed by atoms with Crippen LogP contribution in [-0.4, -0.2) is 44.2 Å². The lowest BCUT2D eigenvalue weighted by Gasteiger charge is -2.19. The average molecular weight is 209 g/mol. The Labute approximate surface area is 80.3 Å². The normalized spacial score (nSPS) is 16.9. The molecule has 13 heavy (non-hydrogen) atoms. The van der Waals surface area contributed by atoms with Crippen molar-refractivity contribution in [2.75, 3.05) is 18.6 Å². The first-order chi connectivity index (χ1) is 5.89. The third kappa shape index (κ3) is 6.98. The average Bonchev–Trinajstić information content (AvgIpc) is 1.96. The molecule has 4 nitrogen and oxygen atoms in total. The molecule has 0 aromatic rings. The number of hydrogen-bond donors (Lipinski definition) is 2. The topological polar surface area (TPSA) is 66.4 Å². The molecule has 80 valence electrons. The summed E-state index contributed by atoms with van der Waals surface area (Å²) in [4.78, 5) is 0. The molecule has 0 aliphatic rings. The van der Waals surface area contributed by atoms with Gasteiger partial charge in [-0.3, -0.25) is 0 Å². The molecule has 0 radical (unpaired) electrons. The molecule has 0 spiro atoms. The SMILES string of the molecule is CCC(CO)NC(C)CS(C)(=O)=O. The van der Waals surface area contributed by atoms with Crippen LogP contribution < -0.4 is 5.32 Å². The fourth-order valence-corrected chi connectivity index (χ4v) is 2.21. The second kappa shape index (κ2) is 5.57. The van der Waals surface area contributed by atoms with Gasteiger partial charge in [-0.2, -0.15) is 0 Å². The second-order valence-electron chi connectivity index (χ2n) is 3.45. The van der Waals surface area contributed by atoms with Gasteiger partial charge < -0.3 is 10.4 Å². The molecule has 2 atom stereocenters. The summed E-state index contributed by atoms with van der Waals surface area (Å²) in [5.74, 6) is 0.115. The molecule has 5 heteroatoms. The smallest absolute Gasteiger partial charge is 0.148 e. The van der Waals surface area contributed by atoms with Crippen molar-refractivity contribution in [3.63, 3.8) is 0 Å². The summed E-state index contributed by atoms with van der Waals surface area (Å²) in [7, 11) is -2.93. The van der Waals surface area contributed by atoms with Crippen molar-refractivity contribution in [1.29, 1.82) is 0 Å². The molecule has 0 rings (SSSR count). The summed E-state index contributed by atoms with van der Waals surface area (Å²) in [6.45, 7) is 3.80. The van der Waals surface area contributed by atoms with Gasteiger partial charge in [-0.1, -0.05) is 6.92 Å². The number of aliphatic hydroxyl groups excluding tert-OH is 1. The van der Waals surface area contributed by atoms with Crippen LogP contribution in [0, 0.1) is 0 Å². The summed E-state index contributed by atoms with van der Waals surface area (Å²) in [6.07, 6.45) is 2.01. The zero-order valence-corrected chi connectivity index (χ0v) is 9.26. The van der Waals surface area contributed by atoms with Crippen molar-refractivity contribution in [2.24, 2.45) is 0 Å². The Morgan fingerprint density at radius 3 is 2.31 bits per heavy atom. The Kier molecular flexibility index (Phi) is 5.51. The molecule has 2 N–H and O–H groups in total. The molecule has 0 heterocycles. The van der Waals surface area contributed by atoms with Crippen LogP contribution in [0.5, 0.6) is 0 Å². The predicted octanol–water partition coefficient (Wildman–Crippen LogP) is -0.220. The molecule has 0 aliphatic carbocycles. The summed E-state index contributed by atoms with van der Waals surface area (Å²) in [5, 5.41) is 11.9. The fourth-order valence-electron chi connectivity index (χ4n) is 1.20. The summed E-state index contributed by atoms with van der Waals surface area (Å²) < 4.78 is 21.8. The Morgan fingerprint density at radius 2 is 2.00 bits per heavy atom.